The number of carboxylic acid groups (broad SMARTS) is 1. The molecular formula is C17H21F3N4O3S. The molecule has 0 spiro atoms. The summed E-state index contributed by atoms with van der Waals surface area (Å²) in [5.74, 6) is -2.78. The third-order valence-electron chi connectivity index (χ3n) is 4.04. The molecule has 0 bridgehead atoms. The number of carboxylic acids is 1. The SMILES string of the molecule is Cc1ccc(CN2CCc3[nH]nc(C(=O)N(C)C)c3C2)s1.O=C(O)C(F)(F)F. The Balaban J connectivity index is 0.000000345. The normalized spacial score (nSPS) is 14.1. The van der Waals surface area contributed by atoms with Gasteiger partial charge in [0, 0.05) is 61.2 Å². The Labute approximate surface area is 163 Å². The molecule has 0 fully saturated rings. The predicted molar refractivity (Wildman–Crippen MR) is 97.2 cm³/mol. The highest BCUT2D eigenvalue weighted by Crippen LogP contribution is 2.24. The van der Waals surface area contributed by atoms with Crippen molar-refractivity contribution in [1.82, 2.24) is 20.0 Å². The number of alkyl halides is 3. The summed E-state index contributed by atoms with van der Waals surface area (Å²) in [7, 11) is 3.52. The molecule has 0 aliphatic carbocycles. The summed E-state index contributed by atoms with van der Waals surface area (Å²) in [4.78, 5) is 27.8. The van der Waals surface area contributed by atoms with Crippen LogP contribution in [0.15, 0.2) is 12.1 Å². The third kappa shape index (κ3) is 5.55. The molecule has 0 saturated heterocycles. The standard InChI is InChI=1S/C15H20N4OS.C2HF3O2/c1-10-4-5-11(21-10)8-19-7-6-13-12(9-19)14(17-16-13)15(20)18(2)3;3-2(4,5)1(6)7/h4-5H,6-9H2,1-3H3,(H,16,17);(H,6,7). The van der Waals surface area contributed by atoms with Crippen LogP contribution in [0.3, 0.4) is 0 Å². The molecule has 7 nitrogen and oxygen atoms in total. The van der Waals surface area contributed by atoms with Gasteiger partial charge in [-0.3, -0.25) is 14.8 Å². The van der Waals surface area contributed by atoms with Gasteiger partial charge in [-0.2, -0.15) is 18.3 Å². The van der Waals surface area contributed by atoms with E-state index in [4.69, 9.17) is 9.90 Å². The second-order valence-corrected chi connectivity index (χ2v) is 7.88. The monoisotopic (exact) mass is 418 g/mol. The van der Waals surface area contributed by atoms with Crippen LogP contribution >= 0.6 is 11.3 Å². The van der Waals surface area contributed by atoms with Crippen LogP contribution in [0.2, 0.25) is 0 Å². The van der Waals surface area contributed by atoms with Gasteiger partial charge in [0.05, 0.1) is 0 Å². The topological polar surface area (TPSA) is 89.5 Å². The van der Waals surface area contributed by atoms with Crippen molar-refractivity contribution < 1.29 is 27.9 Å². The van der Waals surface area contributed by atoms with Crippen LogP contribution in [-0.2, 0) is 24.3 Å². The quantitative estimate of drug-likeness (QED) is 0.800. The maximum atomic E-state index is 12.2. The number of nitrogens with zero attached hydrogens (tertiary/aromatic N) is 3. The number of fused-ring (bicyclic) bond motifs is 1. The number of H-pyrrole nitrogens is 1. The molecule has 3 heterocycles. The number of amides is 1. The summed E-state index contributed by atoms with van der Waals surface area (Å²) >= 11 is 1.84. The average Bonchev–Trinajstić information content (AvgIpc) is 3.19. The van der Waals surface area contributed by atoms with Gasteiger partial charge in [0.15, 0.2) is 5.69 Å². The Morgan fingerprint density at radius 1 is 1.36 bits per heavy atom. The van der Waals surface area contributed by atoms with Crippen molar-refractivity contribution in [1.29, 1.82) is 0 Å². The number of hydrogen-bond donors (Lipinski definition) is 2. The Kier molecular flexibility index (Phi) is 6.83. The van der Waals surface area contributed by atoms with E-state index in [2.05, 4.69) is 34.2 Å². The van der Waals surface area contributed by atoms with E-state index in [1.165, 1.54) is 9.75 Å². The first-order valence-electron chi connectivity index (χ1n) is 8.34. The van der Waals surface area contributed by atoms with E-state index in [1.54, 1.807) is 19.0 Å². The summed E-state index contributed by atoms with van der Waals surface area (Å²) in [6.07, 6.45) is -4.16. The van der Waals surface area contributed by atoms with Crippen molar-refractivity contribution >= 4 is 23.2 Å². The van der Waals surface area contributed by atoms with Gasteiger partial charge in [-0.25, -0.2) is 4.79 Å². The first-order chi connectivity index (χ1) is 13.0. The number of thiophene rings is 1. The average molecular weight is 418 g/mol. The van der Waals surface area contributed by atoms with Crippen molar-refractivity contribution in [2.75, 3.05) is 20.6 Å². The zero-order valence-corrected chi connectivity index (χ0v) is 16.4. The molecule has 2 aromatic heterocycles. The van der Waals surface area contributed by atoms with Gasteiger partial charge in [0.1, 0.15) is 0 Å². The van der Waals surface area contributed by atoms with E-state index >= 15 is 0 Å². The van der Waals surface area contributed by atoms with Gasteiger partial charge in [-0.15, -0.1) is 11.3 Å². The van der Waals surface area contributed by atoms with Crippen molar-refractivity contribution in [2.45, 2.75) is 32.6 Å². The highest BCUT2D eigenvalue weighted by atomic mass is 32.1. The van der Waals surface area contributed by atoms with Gasteiger partial charge < -0.3 is 10.0 Å². The Morgan fingerprint density at radius 2 is 2.00 bits per heavy atom. The molecule has 3 rings (SSSR count). The summed E-state index contributed by atoms with van der Waals surface area (Å²) in [5, 5.41) is 14.4. The van der Waals surface area contributed by atoms with E-state index in [9.17, 15) is 18.0 Å². The van der Waals surface area contributed by atoms with Crippen molar-refractivity contribution in [3.8, 4) is 0 Å². The van der Waals surface area contributed by atoms with Crippen LogP contribution in [0.4, 0.5) is 13.2 Å². The number of carbonyl (C=O) groups excluding carboxylic acids is 1. The molecule has 0 atom stereocenters. The molecule has 0 aromatic carbocycles. The fourth-order valence-electron chi connectivity index (χ4n) is 2.67. The van der Waals surface area contributed by atoms with Gasteiger partial charge in [-0.1, -0.05) is 0 Å². The van der Waals surface area contributed by atoms with E-state index in [0.717, 1.165) is 37.3 Å². The minimum Gasteiger partial charge on any atom is -0.475 e. The van der Waals surface area contributed by atoms with Crippen LogP contribution < -0.4 is 0 Å². The Hall–Kier alpha value is -2.40. The minimum absolute atomic E-state index is 0.0266. The van der Waals surface area contributed by atoms with Gasteiger partial charge >= 0.3 is 12.1 Å². The van der Waals surface area contributed by atoms with E-state index < -0.39 is 12.1 Å². The lowest BCUT2D eigenvalue weighted by Gasteiger charge is -2.26. The maximum absolute atomic E-state index is 12.2. The number of aromatic nitrogens is 2. The zero-order chi connectivity index (χ0) is 21.1. The molecule has 0 radical (unpaired) electrons. The fourth-order valence-corrected chi connectivity index (χ4v) is 3.60. The van der Waals surface area contributed by atoms with Crippen LogP contribution in [0.1, 0.15) is 31.5 Å². The lowest BCUT2D eigenvalue weighted by atomic mass is 10.0. The van der Waals surface area contributed by atoms with Crippen molar-refractivity contribution in [3.05, 3.63) is 38.8 Å². The predicted octanol–water partition coefficient (Wildman–Crippen LogP) is 2.67. The molecule has 0 saturated carbocycles. The molecule has 2 aromatic rings. The second kappa shape index (κ2) is 8.74. The van der Waals surface area contributed by atoms with Crippen molar-refractivity contribution in [2.24, 2.45) is 0 Å². The molecule has 11 heteroatoms. The third-order valence-corrected chi connectivity index (χ3v) is 5.02. The molecule has 0 unspecified atom stereocenters. The number of hydrogen-bond acceptors (Lipinski definition) is 5. The summed E-state index contributed by atoms with van der Waals surface area (Å²) < 4.78 is 31.7. The minimum atomic E-state index is -5.08. The van der Waals surface area contributed by atoms with E-state index in [-0.39, 0.29) is 5.91 Å². The molecule has 1 aliphatic heterocycles. The molecule has 2 N–H and O–H groups in total. The molecule has 154 valence electrons. The number of aliphatic carboxylic acids is 1. The largest absolute Gasteiger partial charge is 0.490 e. The first-order valence-corrected chi connectivity index (χ1v) is 9.16. The highest BCUT2D eigenvalue weighted by molar-refractivity contribution is 7.11. The molecular weight excluding hydrogens is 397 g/mol. The van der Waals surface area contributed by atoms with Crippen LogP contribution in [-0.4, -0.2) is 63.8 Å². The Bertz CT molecular complexity index is 845. The van der Waals surface area contributed by atoms with E-state index in [1.807, 2.05) is 11.3 Å². The van der Waals surface area contributed by atoms with Crippen LogP contribution in [0.5, 0.6) is 0 Å². The smallest absolute Gasteiger partial charge is 0.475 e. The van der Waals surface area contributed by atoms with Gasteiger partial charge in [-0.05, 0) is 19.1 Å². The lowest BCUT2D eigenvalue weighted by molar-refractivity contribution is -0.192. The number of rotatable bonds is 3. The van der Waals surface area contributed by atoms with Crippen LogP contribution in [0, 0.1) is 6.92 Å². The van der Waals surface area contributed by atoms with Crippen LogP contribution in [0.25, 0.3) is 0 Å². The maximum Gasteiger partial charge on any atom is 0.490 e. The summed E-state index contributed by atoms with van der Waals surface area (Å²) in [5.41, 5.74) is 2.74. The number of carbonyl (C=O) groups is 2. The van der Waals surface area contributed by atoms with Crippen molar-refractivity contribution in [3.63, 3.8) is 0 Å². The second-order valence-electron chi connectivity index (χ2n) is 6.50. The number of nitrogens with one attached hydrogen (secondary N) is 1. The number of aryl methyl sites for hydroxylation is 1. The fraction of sp³-hybridized carbons (Fsp3) is 0.471. The highest BCUT2D eigenvalue weighted by Gasteiger charge is 2.38. The number of aromatic amines is 1. The summed E-state index contributed by atoms with van der Waals surface area (Å²) in [6, 6.07) is 4.35. The summed E-state index contributed by atoms with van der Waals surface area (Å²) in [6.45, 7) is 4.87. The Morgan fingerprint density at radius 3 is 2.50 bits per heavy atom. The lowest BCUT2D eigenvalue weighted by Crippen LogP contribution is -2.31. The molecule has 1 aliphatic rings. The van der Waals surface area contributed by atoms with Gasteiger partial charge in [0.2, 0.25) is 0 Å². The molecule has 1 amide bonds. The number of halogens is 3. The molecule has 28 heavy (non-hydrogen) atoms. The van der Waals surface area contributed by atoms with E-state index in [0.29, 0.717) is 5.69 Å². The zero-order valence-electron chi connectivity index (χ0n) is 15.6. The van der Waals surface area contributed by atoms with Gasteiger partial charge in [0.25, 0.3) is 5.91 Å². The first kappa shape index (κ1) is 21.9.